The summed E-state index contributed by atoms with van der Waals surface area (Å²) in [4.78, 5) is 21.8. The predicted octanol–water partition coefficient (Wildman–Crippen LogP) is 1.51. The van der Waals surface area contributed by atoms with Gasteiger partial charge in [0.15, 0.2) is 0 Å². The molecule has 0 amide bonds. The number of rotatable bonds is 5. The molecule has 1 saturated heterocycles. The summed E-state index contributed by atoms with van der Waals surface area (Å²) in [7, 11) is 0. The van der Waals surface area contributed by atoms with Crippen LogP contribution in [0.5, 0.6) is 0 Å². The smallest absolute Gasteiger partial charge is 0.261 e. The van der Waals surface area contributed by atoms with Crippen LogP contribution < -0.4 is 10.5 Å². The zero-order valence-corrected chi connectivity index (χ0v) is 15.1. The molecule has 3 aromatic rings. The first-order valence-corrected chi connectivity index (χ1v) is 9.48. The van der Waals surface area contributed by atoms with Gasteiger partial charge < -0.3 is 9.32 Å². The Hall–Kier alpha value is -2.74. The topological polar surface area (TPSA) is 80.3 Å². The van der Waals surface area contributed by atoms with Crippen molar-refractivity contribution in [2.24, 2.45) is 5.92 Å². The van der Waals surface area contributed by atoms with Crippen molar-refractivity contribution >= 4 is 16.6 Å². The first-order valence-electron chi connectivity index (χ1n) is 9.48. The maximum Gasteiger partial charge on any atom is 0.261 e. The number of aromatic nitrogens is 4. The van der Waals surface area contributed by atoms with Gasteiger partial charge in [-0.25, -0.2) is 4.98 Å². The van der Waals surface area contributed by atoms with E-state index >= 15 is 0 Å². The molecule has 0 N–H and O–H groups in total. The second-order valence-electron chi connectivity index (χ2n) is 7.44. The van der Waals surface area contributed by atoms with Crippen LogP contribution in [0, 0.1) is 5.92 Å². The molecular weight excluding hydrogens is 344 g/mol. The molecule has 1 saturated carbocycles. The Morgan fingerprint density at radius 2 is 2.00 bits per heavy atom. The maximum atomic E-state index is 12.7. The highest BCUT2D eigenvalue weighted by molar-refractivity contribution is 5.81. The quantitative estimate of drug-likeness (QED) is 0.677. The predicted molar refractivity (Wildman–Crippen MR) is 101 cm³/mol. The molecule has 1 aliphatic heterocycles. The van der Waals surface area contributed by atoms with E-state index in [2.05, 4.69) is 25.0 Å². The number of nitrogens with zero attached hydrogens (tertiary/aromatic N) is 6. The summed E-state index contributed by atoms with van der Waals surface area (Å²) in [6, 6.07) is 6.00. The summed E-state index contributed by atoms with van der Waals surface area (Å²) < 4.78 is 6.99. The van der Waals surface area contributed by atoms with Gasteiger partial charge in [0.1, 0.15) is 0 Å². The maximum absolute atomic E-state index is 12.7. The van der Waals surface area contributed by atoms with Crippen molar-refractivity contribution in [3.8, 4) is 0 Å². The third kappa shape index (κ3) is 3.44. The van der Waals surface area contributed by atoms with Gasteiger partial charge in [0.05, 0.1) is 23.8 Å². The van der Waals surface area contributed by atoms with Gasteiger partial charge in [0.2, 0.25) is 12.3 Å². The number of fused-ring (bicyclic) bond motifs is 1. The van der Waals surface area contributed by atoms with Crippen LogP contribution in [0.3, 0.4) is 0 Å². The van der Waals surface area contributed by atoms with Crippen LogP contribution in [0.4, 0.5) is 5.69 Å². The molecule has 0 atom stereocenters. The lowest BCUT2D eigenvalue weighted by atomic mass is 10.2. The Morgan fingerprint density at radius 1 is 1.15 bits per heavy atom. The lowest BCUT2D eigenvalue weighted by Gasteiger charge is -2.35. The highest BCUT2D eigenvalue weighted by atomic mass is 16.4. The minimum Gasteiger partial charge on any atom is -0.427 e. The lowest BCUT2D eigenvalue weighted by molar-refractivity contribution is 0.226. The molecule has 5 rings (SSSR count). The summed E-state index contributed by atoms with van der Waals surface area (Å²) in [5.74, 6) is 1.31. The minimum absolute atomic E-state index is 0.0721. The van der Waals surface area contributed by atoms with Gasteiger partial charge in [-0.3, -0.25) is 14.3 Å². The first kappa shape index (κ1) is 16.4. The van der Waals surface area contributed by atoms with Crippen LogP contribution in [-0.4, -0.2) is 50.8 Å². The fourth-order valence-electron chi connectivity index (χ4n) is 3.67. The van der Waals surface area contributed by atoms with E-state index in [4.69, 9.17) is 4.42 Å². The molecule has 3 heterocycles. The molecular formula is C19H22N6O2. The summed E-state index contributed by atoms with van der Waals surface area (Å²) in [5, 5.41) is 8.38. The molecule has 140 valence electrons. The van der Waals surface area contributed by atoms with Gasteiger partial charge in [0.25, 0.3) is 5.56 Å². The summed E-state index contributed by atoms with van der Waals surface area (Å²) in [6.45, 7) is 5.17. The van der Waals surface area contributed by atoms with Crippen molar-refractivity contribution in [1.29, 1.82) is 0 Å². The van der Waals surface area contributed by atoms with Gasteiger partial charge in [-0.05, 0) is 37.0 Å². The van der Waals surface area contributed by atoms with Crippen molar-refractivity contribution in [3.05, 3.63) is 47.2 Å². The molecule has 0 bridgehead atoms. The van der Waals surface area contributed by atoms with Crippen LogP contribution in [0.25, 0.3) is 10.9 Å². The number of hydrogen-bond donors (Lipinski definition) is 0. The summed E-state index contributed by atoms with van der Waals surface area (Å²) >= 11 is 0. The first-order chi connectivity index (χ1) is 13.3. The van der Waals surface area contributed by atoms with E-state index in [1.165, 1.54) is 19.2 Å². The summed E-state index contributed by atoms with van der Waals surface area (Å²) in [6.07, 6.45) is 5.52. The molecule has 8 heteroatoms. The van der Waals surface area contributed by atoms with Crippen molar-refractivity contribution in [2.45, 2.75) is 25.9 Å². The largest absolute Gasteiger partial charge is 0.427 e. The molecule has 1 aliphatic carbocycles. The van der Waals surface area contributed by atoms with Crippen molar-refractivity contribution in [3.63, 3.8) is 0 Å². The van der Waals surface area contributed by atoms with E-state index in [9.17, 15) is 4.79 Å². The van der Waals surface area contributed by atoms with Crippen molar-refractivity contribution in [1.82, 2.24) is 24.6 Å². The van der Waals surface area contributed by atoms with Gasteiger partial charge in [-0.15, -0.1) is 10.2 Å². The standard InChI is InChI=1S/C19H22N6O2/c26-19-16-4-3-15(9-17(16)20-12-25(19)10-14-1-2-14)24-7-5-23(6-8-24)11-18-22-21-13-27-18/h3-4,9,12-14H,1-2,5-8,10-11H2. The third-order valence-corrected chi connectivity index (χ3v) is 5.46. The monoisotopic (exact) mass is 366 g/mol. The Balaban J connectivity index is 1.30. The molecule has 0 radical (unpaired) electrons. The second kappa shape index (κ2) is 6.77. The average Bonchev–Trinajstić information content (AvgIpc) is 3.37. The molecule has 2 aromatic heterocycles. The van der Waals surface area contributed by atoms with Gasteiger partial charge in [-0.2, -0.15) is 0 Å². The number of piperazine rings is 1. The third-order valence-electron chi connectivity index (χ3n) is 5.46. The van der Waals surface area contributed by atoms with Crippen LogP contribution in [-0.2, 0) is 13.1 Å². The molecule has 27 heavy (non-hydrogen) atoms. The van der Waals surface area contributed by atoms with E-state index in [1.54, 1.807) is 10.9 Å². The summed E-state index contributed by atoms with van der Waals surface area (Å²) in [5.41, 5.74) is 1.97. The second-order valence-corrected chi connectivity index (χ2v) is 7.44. The molecule has 8 nitrogen and oxygen atoms in total. The van der Waals surface area contributed by atoms with E-state index in [0.29, 0.717) is 23.7 Å². The number of anilines is 1. The van der Waals surface area contributed by atoms with Crippen LogP contribution >= 0.6 is 0 Å². The highest BCUT2D eigenvalue weighted by Crippen LogP contribution is 2.30. The Labute approximate surface area is 156 Å². The zero-order valence-electron chi connectivity index (χ0n) is 15.1. The van der Waals surface area contributed by atoms with Gasteiger partial charge in [0, 0.05) is 38.4 Å². The van der Waals surface area contributed by atoms with Crippen LogP contribution in [0.1, 0.15) is 18.7 Å². The molecule has 0 unspecified atom stereocenters. The normalized spacial score (nSPS) is 18.3. The van der Waals surface area contributed by atoms with Gasteiger partial charge in [-0.1, -0.05) is 0 Å². The molecule has 1 aromatic carbocycles. The van der Waals surface area contributed by atoms with Gasteiger partial charge >= 0.3 is 0 Å². The van der Waals surface area contributed by atoms with Crippen LogP contribution in [0.15, 0.2) is 40.1 Å². The van der Waals surface area contributed by atoms with Crippen LogP contribution in [0.2, 0.25) is 0 Å². The number of benzene rings is 1. The van der Waals surface area contributed by atoms with E-state index in [-0.39, 0.29) is 5.56 Å². The Morgan fingerprint density at radius 3 is 2.74 bits per heavy atom. The highest BCUT2D eigenvalue weighted by Gasteiger charge is 2.23. The van der Waals surface area contributed by atoms with Crippen molar-refractivity contribution < 1.29 is 4.42 Å². The molecule has 2 aliphatic rings. The zero-order chi connectivity index (χ0) is 18.2. The lowest BCUT2D eigenvalue weighted by Crippen LogP contribution is -2.46. The SMILES string of the molecule is O=c1c2ccc(N3CCN(Cc4nnco4)CC3)cc2ncn1CC1CC1. The Bertz CT molecular complexity index is 987. The minimum atomic E-state index is 0.0721. The molecule has 2 fully saturated rings. The molecule has 0 spiro atoms. The Kier molecular flexibility index (Phi) is 4.12. The average molecular weight is 366 g/mol. The van der Waals surface area contributed by atoms with E-state index in [1.807, 2.05) is 18.2 Å². The van der Waals surface area contributed by atoms with Crippen molar-refractivity contribution in [2.75, 3.05) is 31.1 Å². The van der Waals surface area contributed by atoms with E-state index < -0.39 is 0 Å². The fourth-order valence-corrected chi connectivity index (χ4v) is 3.67. The number of hydrogen-bond acceptors (Lipinski definition) is 7. The van der Waals surface area contributed by atoms with E-state index in [0.717, 1.165) is 43.9 Å². The fraction of sp³-hybridized carbons (Fsp3) is 0.474.